The fraction of sp³-hybridized carbons (Fsp3) is 0.333. The van der Waals surface area contributed by atoms with Gasteiger partial charge in [0.1, 0.15) is 11.1 Å². The number of aryl methyl sites for hydroxylation is 1. The molecular weight excluding hydrogens is 292 g/mol. The van der Waals surface area contributed by atoms with E-state index >= 15 is 0 Å². The van der Waals surface area contributed by atoms with E-state index in [2.05, 4.69) is 5.32 Å². The summed E-state index contributed by atoms with van der Waals surface area (Å²) in [6.07, 6.45) is 0. The summed E-state index contributed by atoms with van der Waals surface area (Å²) in [5.74, 6) is -0.308. The number of carbonyl (C=O) groups is 1. The highest BCUT2D eigenvalue weighted by Crippen LogP contribution is 2.19. The number of para-hydroxylation sites is 1. The van der Waals surface area contributed by atoms with Crippen molar-refractivity contribution in [1.82, 2.24) is 10.2 Å². The molecule has 21 heavy (non-hydrogen) atoms. The lowest BCUT2D eigenvalue weighted by Gasteiger charge is -2.17. The zero-order chi connectivity index (χ0) is 14.7. The second kappa shape index (κ2) is 7.24. The van der Waals surface area contributed by atoms with Crippen LogP contribution in [0.25, 0.3) is 11.0 Å². The Balaban J connectivity index is 0.00000220. The number of amides is 1. The summed E-state index contributed by atoms with van der Waals surface area (Å²) < 4.78 is 5.23. The van der Waals surface area contributed by atoms with Gasteiger partial charge in [0, 0.05) is 25.5 Å². The first kappa shape index (κ1) is 17.2. The van der Waals surface area contributed by atoms with E-state index in [1.807, 2.05) is 19.2 Å². The molecule has 6 heteroatoms. The molecule has 0 bridgehead atoms. The third kappa shape index (κ3) is 3.43. The smallest absolute Gasteiger partial charge is 0.349 e. The molecule has 0 aliphatic rings. The Morgan fingerprint density at radius 2 is 2.00 bits per heavy atom. The maximum Gasteiger partial charge on any atom is 0.349 e. The van der Waals surface area contributed by atoms with Crippen molar-refractivity contribution in [2.45, 2.75) is 6.92 Å². The molecule has 0 aliphatic heterocycles. The van der Waals surface area contributed by atoms with Gasteiger partial charge in [-0.25, -0.2) is 4.79 Å². The molecule has 0 saturated carbocycles. The van der Waals surface area contributed by atoms with E-state index in [0.29, 0.717) is 24.2 Å². The first-order valence-corrected chi connectivity index (χ1v) is 6.48. The van der Waals surface area contributed by atoms with Crippen LogP contribution in [-0.4, -0.2) is 38.0 Å². The number of hydrogen-bond acceptors (Lipinski definition) is 4. The Labute approximate surface area is 129 Å². The first-order chi connectivity index (χ1) is 9.56. The minimum Gasteiger partial charge on any atom is -0.422 e. The fourth-order valence-corrected chi connectivity index (χ4v) is 2.12. The molecule has 0 saturated heterocycles. The van der Waals surface area contributed by atoms with Gasteiger partial charge in [-0.15, -0.1) is 12.4 Å². The number of nitrogens with one attached hydrogen (secondary N) is 1. The van der Waals surface area contributed by atoms with E-state index in [-0.39, 0.29) is 23.9 Å². The van der Waals surface area contributed by atoms with E-state index in [0.717, 1.165) is 5.39 Å². The zero-order valence-electron chi connectivity index (χ0n) is 12.3. The number of fused-ring (bicyclic) bond motifs is 1. The molecule has 2 aromatic rings. The third-order valence-corrected chi connectivity index (χ3v) is 3.33. The predicted molar refractivity (Wildman–Crippen MR) is 85.4 cm³/mol. The van der Waals surface area contributed by atoms with Crippen LogP contribution in [0, 0.1) is 6.92 Å². The molecule has 0 aliphatic carbocycles. The number of nitrogens with zero attached hydrogens (tertiary/aromatic N) is 1. The maximum atomic E-state index is 12.4. The number of benzene rings is 1. The predicted octanol–water partition coefficient (Wildman–Crippen LogP) is 1.81. The summed E-state index contributed by atoms with van der Waals surface area (Å²) in [5, 5.41) is 3.76. The largest absolute Gasteiger partial charge is 0.422 e. The average molecular weight is 311 g/mol. The SMILES string of the molecule is CNCCN(C)C(=O)c1c(C)c2ccccc2oc1=O.Cl. The van der Waals surface area contributed by atoms with Crippen molar-refractivity contribution in [3.8, 4) is 0 Å². The highest BCUT2D eigenvalue weighted by Gasteiger charge is 2.21. The normalized spacial score (nSPS) is 10.2. The minimum absolute atomic E-state index is 0. The lowest BCUT2D eigenvalue weighted by Crippen LogP contribution is -2.35. The molecule has 0 atom stereocenters. The van der Waals surface area contributed by atoms with Crippen LogP contribution in [-0.2, 0) is 0 Å². The summed E-state index contributed by atoms with van der Waals surface area (Å²) in [4.78, 5) is 25.9. The molecule has 0 spiro atoms. The van der Waals surface area contributed by atoms with Crippen molar-refractivity contribution >= 4 is 29.3 Å². The van der Waals surface area contributed by atoms with E-state index in [1.165, 1.54) is 4.90 Å². The van der Waals surface area contributed by atoms with Crippen molar-refractivity contribution in [3.05, 3.63) is 45.8 Å². The molecule has 1 amide bonds. The van der Waals surface area contributed by atoms with Crippen LogP contribution < -0.4 is 10.9 Å². The Morgan fingerprint density at radius 1 is 1.33 bits per heavy atom. The number of halogens is 1. The van der Waals surface area contributed by atoms with Gasteiger partial charge >= 0.3 is 5.63 Å². The van der Waals surface area contributed by atoms with Crippen molar-refractivity contribution in [1.29, 1.82) is 0 Å². The number of hydrogen-bond donors (Lipinski definition) is 1. The monoisotopic (exact) mass is 310 g/mol. The molecule has 5 nitrogen and oxygen atoms in total. The number of rotatable bonds is 4. The molecule has 0 fully saturated rings. The highest BCUT2D eigenvalue weighted by atomic mass is 35.5. The van der Waals surface area contributed by atoms with Crippen LogP contribution in [0.3, 0.4) is 0 Å². The van der Waals surface area contributed by atoms with Gasteiger partial charge in [-0.3, -0.25) is 4.79 Å². The molecule has 2 rings (SSSR count). The third-order valence-electron chi connectivity index (χ3n) is 3.33. The van der Waals surface area contributed by atoms with Crippen LogP contribution in [0.15, 0.2) is 33.5 Å². The average Bonchev–Trinajstić information content (AvgIpc) is 2.44. The molecule has 1 N–H and O–H groups in total. The molecule has 0 unspecified atom stereocenters. The molecule has 1 aromatic heterocycles. The van der Waals surface area contributed by atoms with Gasteiger partial charge in [-0.2, -0.15) is 0 Å². The second-order valence-corrected chi connectivity index (χ2v) is 4.72. The van der Waals surface area contributed by atoms with Gasteiger partial charge in [-0.1, -0.05) is 18.2 Å². The van der Waals surface area contributed by atoms with Crippen molar-refractivity contribution in [2.24, 2.45) is 0 Å². The first-order valence-electron chi connectivity index (χ1n) is 6.48. The van der Waals surface area contributed by atoms with Gasteiger partial charge in [-0.05, 0) is 25.6 Å². The summed E-state index contributed by atoms with van der Waals surface area (Å²) >= 11 is 0. The molecular formula is C15H19ClN2O3. The van der Waals surface area contributed by atoms with E-state index in [1.54, 1.807) is 26.1 Å². The van der Waals surface area contributed by atoms with Gasteiger partial charge in [0.25, 0.3) is 5.91 Å². The van der Waals surface area contributed by atoms with E-state index < -0.39 is 5.63 Å². The van der Waals surface area contributed by atoms with Crippen LogP contribution in [0.1, 0.15) is 15.9 Å². The van der Waals surface area contributed by atoms with Gasteiger partial charge in [0.2, 0.25) is 0 Å². The Bertz CT molecular complexity index is 697. The summed E-state index contributed by atoms with van der Waals surface area (Å²) in [5.41, 5.74) is 0.701. The summed E-state index contributed by atoms with van der Waals surface area (Å²) in [7, 11) is 3.49. The van der Waals surface area contributed by atoms with Crippen molar-refractivity contribution < 1.29 is 9.21 Å². The van der Waals surface area contributed by atoms with Crippen LogP contribution in [0.5, 0.6) is 0 Å². The quantitative estimate of drug-likeness (QED) is 0.875. The standard InChI is InChI=1S/C15H18N2O3.ClH/c1-10-11-6-4-5-7-12(11)20-15(19)13(10)14(18)17(3)9-8-16-2;/h4-7,16H,8-9H2,1-3H3;1H. The van der Waals surface area contributed by atoms with E-state index in [4.69, 9.17) is 4.42 Å². The zero-order valence-corrected chi connectivity index (χ0v) is 13.1. The Kier molecular flexibility index (Phi) is 5.93. The van der Waals surface area contributed by atoms with Crippen LogP contribution in [0.2, 0.25) is 0 Å². The molecule has 0 radical (unpaired) electrons. The lowest BCUT2D eigenvalue weighted by atomic mass is 10.1. The number of carbonyl (C=O) groups excluding carboxylic acids is 1. The molecule has 1 heterocycles. The highest BCUT2D eigenvalue weighted by molar-refractivity contribution is 5.99. The van der Waals surface area contributed by atoms with Crippen molar-refractivity contribution in [3.63, 3.8) is 0 Å². The summed E-state index contributed by atoms with van der Waals surface area (Å²) in [6.45, 7) is 2.97. The number of likely N-dealkylation sites (N-methyl/N-ethyl adjacent to an activating group) is 2. The maximum absolute atomic E-state index is 12.4. The topological polar surface area (TPSA) is 62.6 Å². The van der Waals surface area contributed by atoms with Gasteiger partial charge in [0.15, 0.2) is 0 Å². The molecule has 1 aromatic carbocycles. The second-order valence-electron chi connectivity index (χ2n) is 4.72. The van der Waals surface area contributed by atoms with E-state index in [9.17, 15) is 9.59 Å². The fourth-order valence-electron chi connectivity index (χ4n) is 2.12. The summed E-state index contributed by atoms with van der Waals surface area (Å²) in [6, 6.07) is 7.22. The van der Waals surface area contributed by atoms with Crippen LogP contribution >= 0.6 is 12.4 Å². The van der Waals surface area contributed by atoms with Crippen molar-refractivity contribution in [2.75, 3.05) is 27.2 Å². The Hall–Kier alpha value is -1.85. The van der Waals surface area contributed by atoms with Gasteiger partial charge < -0.3 is 14.6 Å². The van der Waals surface area contributed by atoms with Gasteiger partial charge in [0.05, 0.1) is 0 Å². The minimum atomic E-state index is -0.581. The lowest BCUT2D eigenvalue weighted by molar-refractivity contribution is 0.0792. The Morgan fingerprint density at radius 3 is 2.67 bits per heavy atom. The van der Waals surface area contributed by atoms with Crippen LogP contribution in [0.4, 0.5) is 0 Å². The molecule has 114 valence electrons.